The average Bonchev–Trinajstić information content (AvgIpc) is 2.28. The molecular formula is C10H18N2O7S. The Hall–Kier alpha value is -1.84. The Labute approximate surface area is 116 Å². The summed E-state index contributed by atoms with van der Waals surface area (Å²) in [5, 5.41) is 21.7. The van der Waals surface area contributed by atoms with E-state index in [4.69, 9.17) is 10.2 Å². The molecule has 0 fully saturated rings. The zero-order valence-corrected chi connectivity index (χ0v) is 11.8. The highest BCUT2D eigenvalue weighted by molar-refractivity contribution is 7.90. The average molecular weight is 310 g/mol. The van der Waals surface area contributed by atoms with Gasteiger partial charge in [0.2, 0.25) is 0 Å². The molecule has 0 aliphatic heterocycles. The maximum atomic E-state index is 11.3. The smallest absolute Gasteiger partial charge is 0.326 e. The summed E-state index contributed by atoms with van der Waals surface area (Å²) in [6.45, 7) is 0.0736. The molecule has 0 saturated heterocycles. The number of hydrogen-bond donors (Lipinski definition) is 4. The van der Waals surface area contributed by atoms with E-state index in [1.807, 2.05) is 0 Å². The Bertz CT molecular complexity index is 460. The monoisotopic (exact) mass is 310 g/mol. The number of rotatable bonds is 9. The van der Waals surface area contributed by atoms with Crippen LogP contribution in [0.15, 0.2) is 0 Å². The van der Waals surface area contributed by atoms with Crippen LogP contribution in [0.5, 0.6) is 0 Å². The molecule has 2 amide bonds. The number of nitrogens with one attached hydrogen (secondary N) is 2. The van der Waals surface area contributed by atoms with Gasteiger partial charge in [-0.1, -0.05) is 0 Å². The first-order chi connectivity index (χ1) is 9.11. The van der Waals surface area contributed by atoms with Gasteiger partial charge in [-0.2, -0.15) is 0 Å². The predicted octanol–water partition coefficient (Wildman–Crippen LogP) is -0.962. The molecule has 1 unspecified atom stereocenters. The quantitative estimate of drug-likeness (QED) is 0.400. The molecule has 4 N–H and O–H groups in total. The second-order valence-electron chi connectivity index (χ2n) is 4.21. The number of urea groups is 1. The Kier molecular flexibility index (Phi) is 7.59. The summed E-state index contributed by atoms with van der Waals surface area (Å²) in [6, 6.07) is -2.09. The third-order valence-corrected chi connectivity index (χ3v) is 3.26. The van der Waals surface area contributed by atoms with E-state index in [-0.39, 0.29) is 31.6 Å². The van der Waals surface area contributed by atoms with E-state index in [9.17, 15) is 22.8 Å². The van der Waals surface area contributed by atoms with Crippen molar-refractivity contribution in [2.75, 3.05) is 18.6 Å². The molecule has 0 spiro atoms. The minimum atomic E-state index is -3.11. The van der Waals surface area contributed by atoms with Crippen molar-refractivity contribution in [1.29, 1.82) is 0 Å². The van der Waals surface area contributed by atoms with Gasteiger partial charge in [-0.3, -0.25) is 4.79 Å². The highest BCUT2D eigenvalue weighted by Gasteiger charge is 2.20. The zero-order valence-electron chi connectivity index (χ0n) is 11.0. The van der Waals surface area contributed by atoms with Gasteiger partial charge in [0.15, 0.2) is 0 Å². The van der Waals surface area contributed by atoms with Gasteiger partial charge in [0, 0.05) is 19.2 Å². The highest BCUT2D eigenvalue weighted by Crippen LogP contribution is 1.98. The summed E-state index contributed by atoms with van der Waals surface area (Å²) in [7, 11) is -3.11. The molecule has 0 aromatic rings. The molecule has 0 aromatic carbocycles. The number of aliphatic carboxylic acids is 2. The van der Waals surface area contributed by atoms with E-state index >= 15 is 0 Å². The van der Waals surface area contributed by atoms with E-state index < -0.39 is 33.8 Å². The largest absolute Gasteiger partial charge is 0.481 e. The first-order valence-corrected chi connectivity index (χ1v) is 7.84. The number of sulfone groups is 1. The van der Waals surface area contributed by atoms with Gasteiger partial charge in [-0.05, 0) is 12.8 Å². The summed E-state index contributed by atoms with van der Waals surface area (Å²) in [5.74, 6) is -2.58. The van der Waals surface area contributed by atoms with Gasteiger partial charge in [0.25, 0.3) is 0 Å². The van der Waals surface area contributed by atoms with Crippen LogP contribution in [0.2, 0.25) is 0 Å². The maximum absolute atomic E-state index is 11.3. The Morgan fingerprint density at radius 3 is 2.25 bits per heavy atom. The molecule has 9 nitrogen and oxygen atoms in total. The van der Waals surface area contributed by atoms with Crippen LogP contribution >= 0.6 is 0 Å². The van der Waals surface area contributed by atoms with Crippen LogP contribution in [0, 0.1) is 0 Å². The van der Waals surface area contributed by atoms with Crippen molar-refractivity contribution in [2.45, 2.75) is 25.3 Å². The number of hydrogen-bond acceptors (Lipinski definition) is 5. The molecule has 0 aliphatic rings. The lowest BCUT2D eigenvalue weighted by Crippen LogP contribution is -2.46. The summed E-state index contributed by atoms with van der Waals surface area (Å²) >= 11 is 0. The van der Waals surface area contributed by atoms with Gasteiger partial charge >= 0.3 is 18.0 Å². The summed E-state index contributed by atoms with van der Waals surface area (Å²) in [4.78, 5) is 32.5. The summed E-state index contributed by atoms with van der Waals surface area (Å²) < 4.78 is 21.7. The minimum Gasteiger partial charge on any atom is -0.481 e. The summed E-state index contributed by atoms with van der Waals surface area (Å²) in [6.07, 6.45) is 0.658. The number of carbonyl (C=O) groups is 3. The van der Waals surface area contributed by atoms with Crippen molar-refractivity contribution in [3.05, 3.63) is 0 Å². The standard InChI is InChI=1S/C10H18N2O7S/c1-20(18,19)6-2-5-11-10(17)12-7(9(15)16)3-4-8(13)14/h7H,2-6H2,1H3,(H,13,14)(H,15,16)(H2,11,12,17). The van der Waals surface area contributed by atoms with Crippen molar-refractivity contribution in [3.8, 4) is 0 Å². The predicted molar refractivity (Wildman–Crippen MR) is 69.2 cm³/mol. The van der Waals surface area contributed by atoms with Crippen molar-refractivity contribution in [1.82, 2.24) is 10.6 Å². The fraction of sp³-hybridized carbons (Fsp3) is 0.700. The topological polar surface area (TPSA) is 150 Å². The molecule has 0 aromatic heterocycles. The van der Waals surface area contributed by atoms with Gasteiger partial charge < -0.3 is 20.8 Å². The van der Waals surface area contributed by atoms with Crippen LogP contribution < -0.4 is 10.6 Å². The van der Waals surface area contributed by atoms with Crippen LogP contribution in [-0.2, 0) is 19.4 Å². The molecule has 0 aliphatic carbocycles. The molecule has 10 heteroatoms. The van der Waals surface area contributed by atoms with Crippen molar-refractivity contribution < 1.29 is 33.0 Å². The van der Waals surface area contributed by atoms with Gasteiger partial charge in [0.05, 0.1) is 5.75 Å². The van der Waals surface area contributed by atoms with Crippen LogP contribution in [0.4, 0.5) is 4.79 Å². The second-order valence-corrected chi connectivity index (χ2v) is 6.47. The molecule has 20 heavy (non-hydrogen) atoms. The van der Waals surface area contributed by atoms with E-state index in [0.717, 1.165) is 6.26 Å². The molecule has 0 rings (SSSR count). The van der Waals surface area contributed by atoms with Gasteiger partial charge in [0.1, 0.15) is 15.9 Å². The van der Waals surface area contributed by atoms with E-state index in [2.05, 4.69) is 10.6 Å². The van der Waals surface area contributed by atoms with Crippen LogP contribution in [-0.4, -0.2) is 61.2 Å². The minimum absolute atomic E-state index is 0.0736. The Morgan fingerprint density at radius 1 is 1.20 bits per heavy atom. The third kappa shape index (κ3) is 10.1. The highest BCUT2D eigenvalue weighted by atomic mass is 32.2. The number of carboxylic acid groups (broad SMARTS) is 2. The first-order valence-electron chi connectivity index (χ1n) is 5.78. The zero-order chi connectivity index (χ0) is 15.8. The van der Waals surface area contributed by atoms with Crippen molar-refractivity contribution in [3.63, 3.8) is 0 Å². The van der Waals surface area contributed by atoms with Crippen LogP contribution in [0.1, 0.15) is 19.3 Å². The van der Waals surface area contributed by atoms with E-state index in [1.54, 1.807) is 0 Å². The maximum Gasteiger partial charge on any atom is 0.326 e. The van der Waals surface area contributed by atoms with E-state index in [1.165, 1.54) is 0 Å². The van der Waals surface area contributed by atoms with Gasteiger partial charge in [-0.15, -0.1) is 0 Å². The molecule has 0 radical (unpaired) electrons. The number of amides is 2. The van der Waals surface area contributed by atoms with Crippen molar-refractivity contribution >= 4 is 27.8 Å². The number of carbonyl (C=O) groups excluding carboxylic acids is 1. The first kappa shape index (κ1) is 18.2. The molecule has 116 valence electrons. The molecule has 0 bridgehead atoms. The Balaban J connectivity index is 4.07. The van der Waals surface area contributed by atoms with Gasteiger partial charge in [-0.25, -0.2) is 18.0 Å². The molecule has 1 atom stereocenters. The van der Waals surface area contributed by atoms with Crippen LogP contribution in [0.25, 0.3) is 0 Å². The normalized spacial score (nSPS) is 12.4. The Morgan fingerprint density at radius 2 is 1.80 bits per heavy atom. The lowest BCUT2D eigenvalue weighted by atomic mass is 10.1. The number of carboxylic acids is 2. The molecule has 0 saturated carbocycles. The fourth-order valence-electron chi connectivity index (χ4n) is 1.27. The SMILES string of the molecule is CS(=O)(=O)CCCNC(=O)NC(CCC(=O)O)C(=O)O. The molecule has 0 heterocycles. The lowest BCUT2D eigenvalue weighted by Gasteiger charge is -2.14. The second kappa shape index (κ2) is 8.35. The van der Waals surface area contributed by atoms with E-state index in [0.29, 0.717) is 0 Å². The third-order valence-electron chi connectivity index (χ3n) is 2.23. The lowest BCUT2D eigenvalue weighted by molar-refractivity contribution is -0.140. The van der Waals surface area contributed by atoms with Crippen LogP contribution in [0.3, 0.4) is 0 Å². The fourth-order valence-corrected chi connectivity index (χ4v) is 1.94. The summed E-state index contributed by atoms with van der Waals surface area (Å²) in [5.41, 5.74) is 0. The molecular weight excluding hydrogens is 292 g/mol. The van der Waals surface area contributed by atoms with Crippen molar-refractivity contribution in [2.24, 2.45) is 0 Å².